The molecule has 70 valence electrons. The van der Waals surface area contributed by atoms with E-state index in [0.29, 0.717) is 5.88 Å². The van der Waals surface area contributed by atoms with E-state index < -0.39 is 0 Å². The van der Waals surface area contributed by atoms with E-state index in [0.717, 1.165) is 6.54 Å². The molecule has 3 heteroatoms. The van der Waals surface area contributed by atoms with Crippen LogP contribution in [0.15, 0.2) is 12.3 Å². The standard InChI is InChI=1S/C9H16ClNO/c1-2-3-4-6-11-7-5-9(8-10)12-11/h5,7,9H,2-4,6,8H2,1H3. The van der Waals surface area contributed by atoms with E-state index in [-0.39, 0.29) is 6.10 Å². The highest BCUT2D eigenvalue weighted by Crippen LogP contribution is 2.12. The second kappa shape index (κ2) is 5.44. The lowest BCUT2D eigenvalue weighted by atomic mass is 10.2. The van der Waals surface area contributed by atoms with Gasteiger partial charge < -0.3 is 0 Å². The summed E-state index contributed by atoms with van der Waals surface area (Å²) in [5.74, 6) is 0.542. The Morgan fingerprint density at radius 1 is 1.50 bits per heavy atom. The van der Waals surface area contributed by atoms with E-state index in [4.69, 9.17) is 16.4 Å². The average molecular weight is 190 g/mol. The highest BCUT2D eigenvalue weighted by molar-refractivity contribution is 6.18. The Labute approximate surface area is 79.1 Å². The largest absolute Gasteiger partial charge is 0.265 e. The first-order valence-corrected chi connectivity index (χ1v) is 5.08. The van der Waals surface area contributed by atoms with Crippen LogP contribution >= 0.6 is 11.6 Å². The van der Waals surface area contributed by atoms with Gasteiger partial charge in [-0.3, -0.25) is 9.90 Å². The third-order valence-corrected chi connectivity index (χ3v) is 2.18. The molecule has 1 unspecified atom stereocenters. The minimum atomic E-state index is 0.0910. The van der Waals surface area contributed by atoms with Gasteiger partial charge in [0.1, 0.15) is 6.10 Å². The molecule has 0 bridgehead atoms. The second-order valence-electron chi connectivity index (χ2n) is 2.99. The summed E-state index contributed by atoms with van der Waals surface area (Å²) in [4.78, 5) is 5.45. The molecule has 0 spiro atoms. The van der Waals surface area contributed by atoms with Crippen LogP contribution in [0.3, 0.4) is 0 Å². The number of nitrogens with zero attached hydrogens (tertiary/aromatic N) is 1. The van der Waals surface area contributed by atoms with Gasteiger partial charge in [0.25, 0.3) is 0 Å². The number of halogens is 1. The van der Waals surface area contributed by atoms with Crippen LogP contribution in [0, 0.1) is 0 Å². The maximum Gasteiger partial charge on any atom is 0.119 e. The zero-order chi connectivity index (χ0) is 8.81. The van der Waals surface area contributed by atoms with Gasteiger partial charge in [-0.1, -0.05) is 19.8 Å². The molecular formula is C9H16ClNO. The Balaban J connectivity index is 2.08. The highest BCUT2D eigenvalue weighted by Gasteiger charge is 2.14. The molecule has 2 nitrogen and oxygen atoms in total. The topological polar surface area (TPSA) is 12.5 Å². The molecule has 0 fully saturated rings. The van der Waals surface area contributed by atoms with Crippen LogP contribution in [0.25, 0.3) is 0 Å². The summed E-state index contributed by atoms with van der Waals surface area (Å²) in [5.41, 5.74) is 0. The van der Waals surface area contributed by atoms with Gasteiger partial charge in [0.15, 0.2) is 0 Å². The van der Waals surface area contributed by atoms with E-state index in [1.165, 1.54) is 19.3 Å². The van der Waals surface area contributed by atoms with Crippen molar-refractivity contribution >= 4 is 11.6 Å². The Bertz CT molecular complexity index is 149. The molecule has 12 heavy (non-hydrogen) atoms. The summed E-state index contributed by atoms with van der Waals surface area (Å²) < 4.78 is 0. The Morgan fingerprint density at radius 3 is 2.92 bits per heavy atom. The van der Waals surface area contributed by atoms with E-state index in [1.54, 1.807) is 0 Å². The minimum absolute atomic E-state index is 0.0910. The number of hydrogen-bond acceptors (Lipinski definition) is 2. The van der Waals surface area contributed by atoms with Crippen molar-refractivity contribution in [1.82, 2.24) is 5.06 Å². The monoisotopic (exact) mass is 189 g/mol. The first kappa shape index (κ1) is 9.87. The number of unbranched alkanes of at least 4 members (excludes halogenated alkanes) is 2. The number of alkyl halides is 1. The predicted molar refractivity (Wildman–Crippen MR) is 51.0 cm³/mol. The van der Waals surface area contributed by atoms with Gasteiger partial charge in [-0.2, -0.15) is 0 Å². The fourth-order valence-corrected chi connectivity index (χ4v) is 1.32. The molecule has 0 radical (unpaired) electrons. The van der Waals surface area contributed by atoms with Crippen LogP contribution in [0.5, 0.6) is 0 Å². The molecule has 0 N–H and O–H groups in total. The molecule has 1 aliphatic rings. The molecular weight excluding hydrogens is 174 g/mol. The van der Waals surface area contributed by atoms with Gasteiger partial charge in [0, 0.05) is 12.7 Å². The molecule has 0 saturated heterocycles. The van der Waals surface area contributed by atoms with E-state index >= 15 is 0 Å². The maximum atomic E-state index is 5.63. The fourth-order valence-electron chi connectivity index (χ4n) is 1.16. The lowest BCUT2D eigenvalue weighted by Crippen LogP contribution is -2.20. The molecule has 1 heterocycles. The summed E-state index contributed by atoms with van der Waals surface area (Å²) >= 11 is 5.63. The van der Waals surface area contributed by atoms with Crippen molar-refractivity contribution in [2.75, 3.05) is 12.4 Å². The van der Waals surface area contributed by atoms with Crippen molar-refractivity contribution in [2.24, 2.45) is 0 Å². The normalized spacial score (nSPS) is 22.2. The van der Waals surface area contributed by atoms with E-state index in [2.05, 4.69) is 6.92 Å². The molecule has 0 aromatic rings. The molecule has 0 aliphatic carbocycles. The lowest BCUT2D eigenvalue weighted by molar-refractivity contribution is -0.122. The van der Waals surface area contributed by atoms with Gasteiger partial charge in [-0.25, -0.2) is 0 Å². The predicted octanol–water partition coefficient (Wildman–Crippen LogP) is 2.54. The molecule has 1 atom stereocenters. The van der Waals surface area contributed by atoms with Gasteiger partial charge in [0.2, 0.25) is 0 Å². The molecule has 0 saturated carbocycles. The van der Waals surface area contributed by atoms with Crippen molar-refractivity contribution < 1.29 is 4.84 Å². The first-order chi connectivity index (χ1) is 5.86. The number of hydroxylamine groups is 2. The van der Waals surface area contributed by atoms with Crippen molar-refractivity contribution in [2.45, 2.75) is 32.3 Å². The maximum absolute atomic E-state index is 5.63. The molecule has 0 amide bonds. The van der Waals surface area contributed by atoms with Crippen LogP contribution in [-0.4, -0.2) is 23.6 Å². The quantitative estimate of drug-likeness (QED) is 0.487. The van der Waals surface area contributed by atoms with Crippen LogP contribution in [0.2, 0.25) is 0 Å². The summed E-state index contributed by atoms with van der Waals surface area (Å²) in [5, 5.41) is 1.88. The van der Waals surface area contributed by atoms with Crippen LogP contribution in [0.4, 0.5) is 0 Å². The zero-order valence-electron chi connectivity index (χ0n) is 7.50. The van der Waals surface area contributed by atoms with Crippen molar-refractivity contribution in [3.05, 3.63) is 12.3 Å². The SMILES string of the molecule is CCCCCN1C=CC(CCl)O1. The third-order valence-electron chi connectivity index (χ3n) is 1.87. The van der Waals surface area contributed by atoms with Crippen molar-refractivity contribution in [3.63, 3.8) is 0 Å². The zero-order valence-corrected chi connectivity index (χ0v) is 8.26. The number of hydrogen-bond donors (Lipinski definition) is 0. The summed E-state index contributed by atoms with van der Waals surface area (Å²) in [6.07, 6.45) is 7.76. The Hall–Kier alpha value is -0.210. The van der Waals surface area contributed by atoms with E-state index in [1.807, 2.05) is 17.3 Å². The van der Waals surface area contributed by atoms with Gasteiger partial charge in [0.05, 0.1) is 5.88 Å². The molecule has 1 rings (SSSR count). The fraction of sp³-hybridized carbons (Fsp3) is 0.778. The van der Waals surface area contributed by atoms with Gasteiger partial charge in [-0.15, -0.1) is 11.6 Å². The Kier molecular flexibility index (Phi) is 4.48. The van der Waals surface area contributed by atoms with Crippen molar-refractivity contribution in [3.8, 4) is 0 Å². The lowest BCUT2D eigenvalue weighted by Gasteiger charge is -2.16. The molecule has 0 aromatic heterocycles. The summed E-state index contributed by atoms with van der Waals surface area (Å²) in [7, 11) is 0. The van der Waals surface area contributed by atoms with E-state index in [9.17, 15) is 0 Å². The smallest absolute Gasteiger partial charge is 0.119 e. The summed E-state index contributed by atoms with van der Waals surface area (Å²) in [6.45, 7) is 3.18. The molecule has 1 aliphatic heterocycles. The average Bonchev–Trinajstić information content (AvgIpc) is 2.53. The van der Waals surface area contributed by atoms with Crippen LogP contribution in [0.1, 0.15) is 26.2 Å². The van der Waals surface area contributed by atoms with Crippen LogP contribution in [-0.2, 0) is 4.84 Å². The second-order valence-corrected chi connectivity index (χ2v) is 3.30. The minimum Gasteiger partial charge on any atom is -0.265 e. The third kappa shape index (κ3) is 3.03. The summed E-state index contributed by atoms with van der Waals surface area (Å²) in [6, 6.07) is 0. The van der Waals surface area contributed by atoms with Gasteiger partial charge >= 0.3 is 0 Å². The van der Waals surface area contributed by atoms with Crippen molar-refractivity contribution in [1.29, 1.82) is 0 Å². The van der Waals surface area contributed by atoms with Gasteiger partial charge in [-0.05, 0) is 12.5 Å². The Morgan fingerprint density at radius 2 is 2.33 bits per heavy atom. The molecule has 0 aromatic carbocycles. The highest BCUT2D eigenvalue weighted by atomic mass is 35.5. The van der Waals surface area contributed by atoms with Crippen LogP contribution < -0.4 is 0 Å². The first-order valence-electron chi connectivity index (χ1n) is 4.54. The number of rotatable bonds is 5.